The number of rotatable bonds is 4. The molecule has 0 aliphatic rings. The molecule has 0 unspecified atom stereocenters. The van der Waals surface area contributed by atoms with Crippen molar-refractivity contribution in [2.75, 3.05) is 6.61 Å². The van der Waals surface area contributed by atoms with Gasteiger partial charge in [0.2, 0.25) is 0 Å². The lowest BCUT2D eigenvalue weighted by Gasteiger charge is -2.08. The molecule has 0 bridgehead atoms. The van der Waals surface area contributed by atoms with Crippen LogP contribution in [0.25, 0.3) is 0 Å². The molecule has 0 saturated heterocycles. The van der Waals surface area contributed by atoms with Gasteiger partial charge in [0.05, 0.1) is 13.2 Å². The Labute approximate surface area is 81.7 Å². The van der Waals surface area contributed by atoms with E-state index in [0.717, 1.165) is 0 Å². The van der Waals surface area contributed by atoms with Gasteiger partial charge in [0.25, 0.3) is 0 Å². The summed E-state index contributed by atoms with van der Waals surface area (Å²) in [5, 5.41) is 0. The van der Waals surface area contributed by atoms with E-state index in [2.05, 4.69) is 0 Å². The van der Waals surface area contributed by atoms with Gasteiger partial charge in [0, 0.05) is 11.6 Å². The molecule has 0 saturated carbocycles. The molecule has 4 heteroatoms. The van der Waals surface area contributed by atoms with E-state index < -0.39 is 11.6 Å². The van der Waals surface area contributed by atoms with Crippen LogP contribution in [-0.2, 0) is 11.3 Å². The van der Waals surface area contributed by atoms with E-state index in [1.165, 1.54) is 18.2 Å². The fourth-order valence-electron chi connectivity index (χ4n) is 1.02. The van der Waals surface area contributed by atoms with Crippen molar-refractivity contribution in [2.45, 2.75) is 19.6 Å². The first-order valence-electron chi connectivity index (χ1n) is 4.37. The van der Waals surface area contributed by atoms with E-state index in [4.69, 9.17) is 10.5 Å². The van der Waals surface area contributed by atoms with E-state index in [-0.39, 0.29) is 24.8 Å². The Morgan fingerprint density at radius 1 is 1.36 bits per heavy atom. The van der Waals surface area contributed by atoms with Crippen molar-refractivity contribution >= 4 is 0 Å². The van der Waals surface area contributed by atoms with Gasteiger partial charge in [-0.2, -0.15) is 0 Å². The molecule has 0 aliphatic heterocycles. The number of nitrogens with two attached hydrogens (primary N) is 1. The predicted octanol–water partition coefficient (Wildman–Crippen LogP) is 1.83. The maximum absolute atomic E-state index is 13.0. The van der Waals surface area contributed by atoms with Gasteiger partial charge < -0.3 is 10.5 Å². The molecule has 0 aromatic heterocycles. The van der Waals surface area contributed by atoms with Crippen LogP contribution in [0.3, 0.4) is 0 Å². The third-order valence-corrected chi connectivity index (χ3v) is 1.69. The second-order valence-electron chi connectivity index (χ2n) is 3.19. The molecule has 1 rings (SSSR count). The van der Waals surface area contributed by atoms with Crippen molar-refractivity contribution in [3.63, 3.8) is 0 Å². The first-order valence-corrected chi connectivity index (χ1v) is 4.37. The van der Waals surface area contributed by atoms with Crippen LogP contribution >= 0.6 is 0 Å². The molecular formula is C10H13F2NO. The van der Waals surface area contributed by atoms with Crippen LogP contribution in [0, 0.1) is 11.6 Å². The lowest BCUT2D eigenvalue weighted by molar-refractivity contribution is 0.107. The molecule has 0 spiro atoms. The zero-order chi connectivity index (χ0) is 10.6. The van der Waals surface area contributed by atoms with Crippen LogP contribution < -0.4 is 5.73 Å². The van der Waals surface area contributed by atoms with Crippen molar-refractivity contribution in [1.82, 2.24) is 0 Å². The minimum atomic E-state index is -0.588. The summed E-state index contributed by atoms with van der Waals surface area (Å²) in [6, 6.07) is 3.59. The van der Waals surface area contributed by atoms with Crippen LogP contribution in [0.2, 0.25) is 0 Å². The summed E-state index contributed by atoms with van der Waals surface area (Å²) in [7, 11) is 0. The third-order valence-electron chi connectivity index (χ3n) is 1.69. The molecule has 1 atom stereocenters. The number of ether oxygens (including phenoxy) is 1. The lowest BCUT2D eigenvalue weighted by Crippen LogP contribution is -2.21. The Bertz CT molecular complexity index is 282. The molecule has 0 aliphatic carbocycles. The first-order chi connectivity index (χ1) is 6.61. The van der Waals surface area contributed by atoms with E-state index >= 15 is 0 Å². The van der Waals surface area contributed by atoms with Crippen molar-refractivity contribution in [3.05, 3.63) is 35.4 Å². The topological polar surface area (TPSA) is 35.2 Å². The average Bonchev–Trinajstić information content (AvgIpc) is 2.09. The summed E-state index contributed by atoms with van der Waals surface area (Å²) < 4.78 is 31.1. The van der Waals surface area contributed by atoms with Crippen molar-refractivity contribution in [3.8, 4) is 0 Å². The number of hydrogen-bond acceptors (Lipinski definition) is 2. The summed E-state index contributed by atoms with van der Waals surface area (Å²) in [5.41, 5.74) is 5.37. The van der Waals surface area contributed by atoms with Gasteiger partial charge in [-0.25, -0.2) is 8.78 Å². The monoisotopic (exact) mass is 201 g/mol. The SMILES string of the molecule is C[C@@H](N)COCc1c(F)cccc1F. The normalized spacial score (nSPS) is 12.9. The number of benzene rings is 1. The van der Waals surface area contributed by atoms with E-state index in [1.54, 1.807) is 6.92 Å². The van der Waals surface area contributed by atoms with Gasteiger partial charge in [-0.05, 0) is 19.1 Å². The zero-order valence-corrected chi connectivity index (χ0v) is 7.97. The summed E-state index contributed by atoms with van der Waals surface area (Å²) in [5.74, 6) is -1.18. The predicted molar refractivity (Wildman–Crippen MR) is 49.7 cm³/mol. The Morgan fingerprint density at radius 3 is 2.43 bits per heavy atom. The second kappa shape index (κ2) is 5.02. The molecule has 2 nitrogen and oxygen atoms in total. The number of halogens is 2. The highest BCUT2D eigenvalue weighted by atomic mass is 19.1. The maximum atomic E-state index is 13.0. The van der Waals surface area contributed by atoms with Gasteiger partial charge >= 0.3 is 0 Å². The summed E-state index contributed by atoms with van der Waals surface area (Å²) in [6.45, 7) is 1.96. The molecule has 0 amide bonds. The fourth-order valence-corrected chi connectivity index (χ4v) is 1.02. The molecule has 0 radical (unpaired) electrons. The van der Waals surface area contributed by atoms with E-state index in [0.29, 0.717) is 0 Å². The summed E-state index contributed by atoms with van der Waals surface area (Å²) in [6.07, 6.45) is 0. The third kappa shape index (κ3) is 3.05. The summed E-state index contributed by atoms with van der Waals surface area (Å²) >= 11 is 0. The Hall–Kier alpha value is -1.00. The fraction of sp³-hybridized carbons (Fsp3) is 0.400. The molecule has 0 heterocycles. The molecular weight excluding hydrogens is 188 g/mol. The minimum Gasteiger partial charge on any atom is -0.375 e. The number of hydrogen-bond donors (Lipinski definition) is 1. The zero-order valence-electron chi connectivity index (χ0n) is 7.97. The van der Waals surface area contributed by atoms with Crippen LogP contribution in [0.1, 0.15) is 12.5 Å². The quantitative estimate of drug-likeness (QED) is 0.806. The average molecular weight is 201 g/mol. The van der Waals surface area contributed by atoms with E-state index in [1.807, 2.05) is 0 Å². The molecule has 78 valence electrons. The van der Waals surface area contributed by atoms with Gasteiger partial charge in [-0.3, -0.25) is 0 Å². The van der Waals surface area contributed by atoms with Crippen LogP contribution in [0.4, 0.5) is 8.78 Å². The molecule has 1 aromatic carbocycles. The van der Waals surface area contributed by atoms with Gasteiger partial charge in [0.15, 0.2) is 0 Å². The van der Waals surface area contributed by atoms with Crippen LogP contribution in [-0.4, -0.2) is 12.6 Å². The van der Waals surface area contributed by atoms with Crippen LogP contribution in [0.5, 0.6) is 0 Å². The van der Waals surface area contributed by atoms with E-state index in [9.17, 15) is 8.78 Å². The summed E-state index contributed by atoms with van der Waals surface area (Å²) in [4.78, 5) is 0. The van der Waals surface area contributed by atoms with Gasteiger partial charge in [-0.1, -0.05) is 6.07 Å². The van der Waals surface area contributed by atoms with Crippen molar-refractivity contribution in [2.24, 2.45) is 5.73 Å². The van der Waals surface area contributed by atoms with Crippen molar-refractivity contribution in [1.29, 1.82) is 0 Å². The lowest BCUT2D eigenvalue weighted by atomic mass is 10.2. The Balaban J connectivity index is 2.58. The van der Waals surface area contributed by atoms with Gasteiger partial charge in [-0.15, -0.1) is 0 Å². The maximum Gasteiger partial charge on any atom is 0.131 e. The standard InChI is InChI=1S/C10H13F2NO/c1-7(13)5-14-6-8-9(11)3-2-4-10(8)12/h2-4,7H,5-6,13H2,1H3/t7-/m1/s1. The smallest absolute Gasteiger partial charge is 0.131 e. The molecule has 14 heavy (non-hydrogen) atoms. The molecule has 1 aromatic rings. The first kappa shape index (κ1) is 11.1. The highest BCUT2D eigenvalue weighted by Crippen LogP contribution is 2.12. The van der Waals surface area contributed by atoms with Gasteiger partial charge in [0.1, 0.15) is 11.6 Å². The Morgan fingerprint density at radius 2 is 1.93 bits per heavy atom. The highest BCUT2D eigenvalue weighted by molar-refractivity contribution is 5.18. The van der Waals surface area contributed by atoms with Crippen LogP contribution in [0.15, 0.2) is 18.2 Å². The molecule has 2 N–H and O–H groups in total. The Kier molecular flexibility index (Phi) is 3.98. The largest absolute Gasteiger partial charge is 0.375 e. The minimum absolute atomic E-state index is 0.0480. The van der Waals surface area contributed by atoms with Crippen molar-refractivity contribution < 1.29 is 13.5 Å². The second-order valence-corrected chi connectivity index (χ2v) is 3.19. The highest BCUT2D eigenvalue weighted by Gasteiger charge is 2.08. The molecule has 0 fully saturated rings.